The lowest BCUT2D eigenvalue weighted by Gasteiger charge is -2.37. The zero-order valence-corrected chi connectivity index (χ0v) is 17.2. The summed E-state index contributed by atoms with van der Waals surface area (Å²) in [7, 11) is 0. The summed E-state index contributed by atoms with van der Waals surface area (Å²) in [5, 5.41) is 0. The van der Waals surface area contributed by atoms with Crippen molar-refractivity contribution in [3.63, 3.8) is 0 Å². The number of nitrogens with zero attached hydrogens (tertiary/aromatic N) is 3. The van der Waals surface area contributed by atoms with Crippen LogP contribution in [0.3, 0.4) is 0 Å². The molecule has 146 valence electrons. The van der Waals surface area contributed by atoms with E-state index in [0.29, 0.717) is 18.7 Å². The van der Waals surface area contributed by atoms with E-state index >= 15 is 0 Å². The Balaban J connectivity index is 1.41. The average Bonchev–Trinajstić information content (AvgIpc) is 3.02. The monoisotopic (exact) mass is 443 g/mol. The maximum Gasteiger partial charge on any atom is 0.411 e. The van der Waals surface area contributed by atoms with Crippen LogP contribution in [0.4, 0.5) is 4.79 Å². The highest BCUT2D eigenvalue weighted by Gasteiger charge is 2.44. The molecule has 2 fully saturated rings. The van der Waals surface area contributed by atoms with Crippen molar-refractivity contribution in [2.45, 2.75) is 38.0 Å². The van der Waals surface area contributed by atoms with Crippen molar-refractivity contribution in [3.05, 3.63) is 64.4 Å². The second-order valence-corrected chi connectivity index (χ2v) is 8.19. The van der Waals surface area contributed by atoms with Crippen molar-refractivity contribution >= 4 is 27.9 Å². The number of halogens is 1. The average molecular weight is 444 g/mol. The van der Waals surface area contributed by atoms with E-state index in [4.69, 9.17) is 4.74 Å². The zero-order chi connectivity index (χ0) is 19.7. The lowest BCUT2D eigenvalue weighted by atomic mass is 9.98. The fraction of sp³-hybridized carbons (Fsp3) is 0.381. The van der Waals surface area contributed by atoms with Crippen molar-refractivity contribution in [3.8, 4) is 0 Å². The Kier molecular flexibility index (Phi) is 5.35. The molecule has 1 aromatic heterocycles. The van der Waals surface area contributed by atoms with Crippen LogP contribution < -0.4 is 0 Å². The summed E-state index contributed by atoms with van der Waals surface area (Å²) in [6.07, 6.45) is 4.22. The summed E-state index contributed by atoms with van der Waals surface area (Å²) >= 11 is 3.36. The van der Waals surface area contributed by atoms with E-state index in [1.165, 1.54) is 0 Å². The van der Waals surface area contributed by atoms with Crippen molar-refractivity contribution < 1.29 is 14.3 Å². The second-order valence-electron chi connectivity index (χ2n) is 7.28. The number of carbonyl (C=O) groups excluding carboxylic acids is 2. The van der Waals surface area contributed by atoms with Gasteiger partial charge in [-0.25, -0.2) is 4.79 Å². The highest BCUT2D eigenvalue weighted by molar-refractivity contribution is 9.10. The quantitative estimate of drug-likeness (QED) is 0.717. The van der Waals surface area contributed by atoms with Crippen molar-refractivity contribution in [2.75, 3.05) is 13.1 Å². The van der Waals surface area contributed by atoms with Gasteiger partial charge in [0.2, 0.25) is 0 Å². The maximum absolute atomic E-state index is 12.7. The minimum absolute atomic E-state index is 0.0218. The molecule has 2 aliphatic heterocycles. The van der Waals surface area contributed by atoms with Gasteiger partial charge in [-0.05, 0) is 47.3 Å². The van der Waals surface area contributed by atoms with Crippen molar-refractivity contribution in [1.82, 2.24) is 14.8 Å². The largest absolute Gasteiger partial charge is 0.439 e. The van der Waals surface area contributed by atoms with E-state index in [9.17, 15) is 9.59 Å². The molecule has 6 nitrogen and oxygen atoms in total. The lowest BCUT2D eigenvalue weighted by Crippen LogP contribution is -2.49. The summed E-state index contributed by atoms with van der Waals surface area (Å²) in [5.41, 5.74) is 1.59. The third-order valence-corrected chi connectivity index (χ3v) is 5.97. The molecular weight excluding hydrogens is 422 g/mol. The molecule has 1 aromatic carbocycles. The highest BCUT2D eigenvalue weighted by Crippen LogP contribution is 2.35. The van der Waals surface area contributed by atoms with Gasteiger partial charge in [-0.15, -0.1) is 0 Å². The van der Waals surface area contributed by atoms with Gasteiger partial charge < -0.3 is 9.64 Å². The molecule has 2 amide bonds. The predicted molar refractivity (Wildman–Crippen MR) is 108 cm³/mol. The van der Waals surface area contributed by atoms with E-state index in [1.54, 1.807) is 18.5 Å². The molecule has 28 heavy (non-hydrogen) atoms. The van der Waals surface area contributed by atoms with Crippen LogP contribution in [0.1, 0.15) is 41.8 Å². The zero-order valence-electron chi connectivity index (χ0n) is 15.6. The number of benzene rings is 1. The van der Waals surface area contributed by atoms with Gasteiger partial charge in [0.1, 0.15) is 6.10 Å². The molecule has 0 aliphatic carbocycles. The summed E-state index contributed by atoms with van der Waals surface area (Å²) in [6, 6.07) is 11.7. The number of piperidine rings is 1. The number of pyridine rings is 1. The van der Waals surface area contributed by atoms with Gasteiger partial charge in [0.25, 0.3) is 5.91 Å². The van der Waals surface area contributed by atoms with Crippen molar-refractivity contribution in [1.29, 1.82) is 0 Å². The summed E-state index contributed by atoms with van der Waals surface area (Å²) in [4.78, 5) is 33.0. The molecule has 0 bridgehead atoms. The first-order valence-electron chi connectivity index (χ1n) is 9.48. The number of hydrogen-bond acceptors (Lipinski definition) is 4. The normalized spacial score (nSPS) is 23.0. The molecule has 2 aromatic rings. The molecule has 0 unspecified atom stereocenters. The van der Waals surface area contributed by atoms with Crippen LogP contribution in [0.5, 0.6) is 0 Å². The number of likely N-dealkylation sites (tertiary alicyclic amines) is 1. The number of cyclic esters (lactones) is 1. The van der Waals surface area contributed by atoms with Gasteiger partial charge in [0.15, 0.2) is 0 Å². The first kappa shape index (κ1) is 18.9. The van der Waals surface area contributed by atoms with E-state index in [0.717, 1.165) is 22.9 Å². The lowest BCUT2D eigenvalue weighted by molar-refractivity contribution is 0.0640. The van der Waals surface area contributed by atoms with Crippen LogP contribution in [0.25, 0.3) is 0 Å². The Morgan fingerprint density at radius 2 is 1.89 bits per heavy atom. The topological polar surface area (TPSA) is 62.7 Å². The Bertz CT molecular complexity index is 868. The number of hydrogen-bond donors (Lipinski definition) is 0. The van der Waals surface area contributed by atoms with Crippen LogP contribution >= 0.6 is 15.9 Å². The SMILES string of the molecule is C[C@H]1[C@@H](c2ccccc2)OC(=O)N1C1CCN(C(=O)c2cncc(Br)c2)CC1. The Labute approximate surface area is 172 Å². The molecule has 4 rings (SSSR count). The third kappa shape index (κ3) is 3.63. The number of ether oxygens (including phenoxy) is 1. The summed E-state index contributed by atoms with van der Waals surface area (Å²) in [5.74, 6) is -0.0218. The van der Waals surface area contributed by atoms with Gasteiger partial charge in [-0.3, -0.25) is 14.7 Å². The van der Waals surface area contributed by atoms with E-state index in [1.807, 2.05) is 47.1 Å². The molecule has 0 spiro atoms. The maximum atomic E-state index is 12.7. The van der Waals surface area contributed by atoms with Crippen LogP contribution in [0.15, 0.2) is 53.3 Å². The molecule has 0 saturated carbocycles. The Hall–Kier alpha value is -2.41. The van der Waals surface area contributed by atoms with Gasteiger partial charge in [-0.1, -0.05) is 30.3 Å². The number of amides is 2. The Morgan fingerprint density at radius 1 is 1.18 bits per heavy atom. The molecular formula is C21H22BrN3O3. The smallest absolute Gasteiger partial charge is 0.411 e. The first-order chi connectivity index (χ1) is 13.5. The van der Waals surface area contributed by atoms with Gasteiger partial charge >= 0.3 is 6.09 Å². The Morgan fingerprint density at radius 3 is 2.57 bits per heavy atom. The molecule has 3 heterocycles. The number of rotatable bonds is 3. The fourth-order valence-electron chi connectivity index (χ4n) is 4.11. The van der Waals surface area contributed by atoms with Crippen LogP contribution in [0, 0.1) is 0 Å². The fourth-order valence-corrected chi connectivity index (χ4v) is 4.47. The molecule has 0 N–H and O–H groups in total. The minimum Gasteiger partial charge on any atom is -0.439 e. The van der Waals surface area contributed by atoms with E-state index in [-0.39, 0.29) is 30.2 Å². The van der Waals surface area contributed by atoms with E-state index in [2.05, 4.69) is 20.9 Å². The van der Waals surface area contributed by atoms with Crippen molar-refractivity contribution in [2.24, 2.45) is 0 Å². The molecule has 0 radical (unpaired) electrons. The molecule has 2 aliphatic rings. The van der Waals surface area contributed by atoms with Gasteiger partial charge in [-0.2, -0.15) is 0 Å². The first-order valence-corrected chi connectivity index (χ1v) is 10.3. The third-order valence-electron chi connectivity index (χ3n) is 5.54. The summed E-state index contributed by atoms with van der Waals surface area (Å²) < 4.78 is 6.46. The standard InChI is InChI=1S/C21H22BrN3O3/c1-14-19(15-5-3-2-4-6-15)28-21(27)25(14)18-7-9-24(10-8-18)20(26)16-11-17(22)13-23-12-16/h2-6,11-14,18-19H,7-10H2,1H3/t14-,19-/m0/s1. The van der Waals surface area contributed by atoms with Gasteiger partial charge in [0.05, 0.1) is 11.6 Å². The minimum atomic E-state index is -0.262. The number of carbonyl (C=O) groups is 2. The molecule has 2 saturated heterocycles. The van der Waals surface area contributed by atoms with Crippen LogP contribution in [0.2, 0.25) is 0 Å². The highest BCUT2D eigenvalue weighted by atomic mass is 79.9. The summed E-state index contributed by atoms with van der Waals surface area (Å²) in [6.45, 7) is 3.26. The molecule has 7 heteroatoms. The second kappa shape index (κ2) is 7.91. The number of aromatic nitrogens is 1. The van der Waals surface area contributed by atoms with Gasteiger partial charge in [0, 0.05) is 36.0 Å². The predicted octanol–water partition coefficient (Wildman–Crippen LogP) is 4.03. The van der Waals surface area contributed by atoms with Crippen LogP contribution in [-0.2, 0) is 4.74 Å². The van der Waals surface area contributed by atoms with Crippen LogP contribution in [-0.4, -0.2) is 52.0 Å². The molecule has 2 atom stereocenters. The van der Waals surface area contributed by atoms with E-state index < -0.39 is 0 Å².